The van der Waals surface area contributed by atoms with Gasteiger partial charge in [-0.15, -0.1) is 9.24 Å². The molecule has 0 bridgehead atoms. The molecular formula is C18H33INO2P. The smallest absolute Gasteiger partial charge is 0.311 e. The van der Waals surface area contributed by atoms with Crippen LogP contribution in [-0.2, 0) is 9.53 Å². The highest BCUT2D eigenvalue weighted by atomic mass is 127. The van der Waals surface area contributed by atoms with Crippen LogP contribution in [0.4, 0.5) is 0 Å². The molecule has 1 aliphatic rings. The van der Waals surface area contributed by atoms with E-state index in [1.807, 2.05) is 13.8 Å². The minimum Gasteiger partial charge on any atom is -0.465 e. The first-order valence-corrected chi connectivity index (χ1v) is 10.5. The van der Waals surface area contributed by atoms with Crippen molar-refractivity contribution in [2.75, 3.05) is 19.3 Å². The average Bonchev–Trinajstić information content (AvgIpc) is 3.29. The summed E-state index contributed by atoms with van der Waals surface area (Å²) in [5, 5.41) is 0. The first-order valence-electron chi connectivity index (χ1n) is 8.69. The van der Waals surface area contributed by atoms with Gasteiger partial charge in [0.1, 0.15) is 0 Å². The van der Waals surface area contributed by atoms with Gasteiger partial charge in [-0.2, -0.15) is 0 Å². The number of allylic oxidation sites excluding steroid dienone is 2. The average molecular weight is 453 g/mol. The molecule has 1 unspecified atom stereocenters. The number of hydrogen-bond acceptors (Lipinski definition) is 3. The predicted octanol–water partition coefficient (Wildman–Crippen LogP) is 5.20. The third kappa shape index (κ3) is 7.29. The van der Waals surface area contributed by atoms with Crippen LogP contribution >= 0.6 is 32.1 Å². The predicted molar refractivity (Wildman–Crippen MR) is 110 cm³/mol. The number of halogens is 1. The zero-order valence-corrected chi connectivity index (χ0v) is 18.6. The number of hydrogen-bond donors (Lipinski definition) is 0. The lowest BCUT2D eigenvalue weighted by molar-refractivity contribution is -0.155. The molecule has 5 heteroatoms. The van der Waals surface area contributed by atoms with Crippen molar-refractivity contribution in [3.63, 3.8) is 0 Å². The van der Waals surface area contributed by atoms with Crippen LogP contribution < -0.4 is 0 Å². The van der Waals surface area contributed by atoms with E-state index >= 15 is 0 Å². The molecular weight excluding hydrogens is 420 g/mol. The first kappa shape index (κ1) is 21.2. The number of rotatable bonds is 10. The molecule has 0 aliphatic heterocycles. The fourth-order valence-electron chi connectivity index (χ4n) is 2.56. The maximum Gasteiger partial charge on any atom is 0.311 e. The number of esters is 1. The van der Waals surface area contributed by atoms with E-state index in [9.17, 15) is 4.79 Å². The van der Waals surface area contributed by atoms with Gasteiger partial charge in [-0.3, -0.25) is 4.79 Å². The summed E-state index contributed by atoms with van der Waals surface area (Å²) in [4.78, 5) is 12.2. The van der Waals surface area contributed by atoms with Crippen molar-refractivity contribution >= 4 is 38.1 Å². The highest BCUT2D eigenvalue weighted by Gasteiger charge is 2.30. The van der Waals surface area contributed by atoms with Crippen molar-refractivity contribution in [3.05, 3.63) is 11.3 Å². The maximum atomic E-state index is 12.2. The van der Waals surface area contributed by atoms with E-state index in [4.69, 9.17) is 4.74 Å². The molecule has 134 valence electrons. The van der Waals surface area contributed by atoms with E-state index in [0.29, 0.717) is 12.5 Å². The van der Waals surface area contributed by atoms with Gasteiger partial charge >= 0.3 is 5.97 Å². The van der Waals surface area contributed by atoms with Crippen LogP contribution in [0, 0.1) is 17.3 Å². The zero-order valence-electron chi connectivity index (χ0n) is 15.3. The van der Waals surface area contributed by atoms with E-state index in [1.165, 1.54) is 18.5 Å². The monoisotopic (exact) mass is 453 g/mol. The Kier molecular flexibility index (Phi) is 8.85. The minimum atomic E-state index is -0.399. The van der Waals surface area contributed by atoms with Crippen LogP contribution in [0.3, 0.4) is 0 Å². The van der Waals surface area contributed by atoms with Gasteiger partial charge in [0.15, 0.2) is 0 Å². The molecule has 0 heterocycles. The molecule has 0 saturated heterocycles. The summed E-state index contributed by atoms with van der Waals surface area (Å²) in [6.07, 6.45) is 5.62. The van der Waals surface area contributed by atoms with Gasteiger partial charge in [0.05, 0.1) is 34.9 Å². The molecule has 0 aromatic heterocycles. The highest BCUT2D eigenvalue weighted by molar-refractivity contribution is 14.1. The summed E-state index contributed by atoms with van der Waals surface area (Å²) in [7, 11) is 2.87. The second kappa shape index (κ2) is 9.60. The molecule has 1 saturated carbocycles. The lowest BCUT2D eigenvalue weighted by atomic mass is 9.88. The Labute approximate surface area is 158 Å². The quantitative estimate of drug-likeness (QED) is 0.197. The lowest BCUT2D eigenvalue weighted by Crippen LogP contribution is -2.28. The van der Waals surface area contributed by atoms with E-state index in [-0.39, 0.29) is 5.97 Å². The minimum absolute atomic E-state index is 0.0675. The van der Waals surface area contributed by atoms with Crippen molar-refractivity contribution in [1.29, 1.82) is 0 Å². The third-order valence-corrected chi connectivity index (χ3v) is 6.02. The van der Waals surface area contributed by atoms with Gasteiger partial charge < -0.3 is 7.85 Å². The molecule has 0 aromatic rings. The summed E-state index contributed by atoms with van der Waals surface area (Å²) >= 11 is 2.41. The molecule has 0 N–H and O–H groups in total. The van der Waals surface area contributed by atoms with E-state index in [1.54, 1.807) is 5.57 Å². The largest absolute Gasteiger partial charge is 0.465 e. The van der Waals surface area contributed by atoms with Crippen LogP contribution in [0.5, 0.6) is 0 Å². The van der Waals surface area contributed by atoms with E-state index < -0.39 is 5.41 Å². The topological polar surface area (TPSA) is 29.5 Å². The van der Waals surface area contributed by atoms with E-state index in [0.717, 1.165) is 31.5 Å². The second-order valence-corrected chi connectivity index (χ2v) is 9.23. The van der Waals surface area contributed by atoms with E-state index in [2.05, 4.69) is 56.0 Å². The summed E-state index contributed by atoms with van der Waals surface area (Å²) in [6, 6.07) is 0. The summed E-state index contributed by atoms with van der Waals surface area (Å²) in [5.74, 6) is 1.13. The molecule has 0 aromatic carbocycles. The zero-order chi connectivity index (χ0) is 17.6. The van der Waals surface area contributed by atoms with Crippen molar-refractivity contribution < 1.29 is 9.53 Å². The first-order chi connectivity index (χ1) is 10.7. The molecule has 3 nitrogen and oxygen atoms in total. The van der Waals surface area contributed by atoms with Gasteiger partial charge in [-0.1, -0.05) is 13.8 Å². The molecule has 23 heavy (non-hydrogen) atoms. The fraction of sp³-hybridized carbons (Fsp3) is 0.833. The Morgan fingerprint density at radius 2 is 2.00 bits per heavy atom. The Balaban J connectivity index is 2.43. The number of carbonyl (C=O) groups excluding carboxylic acids is 1. The fourth-order valence-corrected chi connectivity index (χ4v) is 3.84. The van der Waals surface area contributed by atoms with Crippen molar-refractivity contribution in [1.82, 2.24) is 3.11 Å². The maximum absolute atomic E-state index is 12.2. The normalized spacial score (nSPS) is 16.3. The highest BCUT2D eigenvalue weighted by Crippen LogP contribution is 2.40. The number of ether oxygens (including phenoxy) is 1. The molecule has 0 radical (unpaired) electrons. The van der Waals surface area contributed by atoms with Crippen molar-refractivity contribution in [2.45, 2.75) is 60.3 Å². The molecule has 1 fully saturated rings. The van der Waals surface area contributed by atoms with Gasteiger partial charge in [-0.25, -0.2) is 0 Å². The van der Waals surface area contributed by atoms with Crippen LogP contribution in [0.15, 0.2) is 11.3 Å². The standard InChI is InChI=1S/C18H33INO2P/c1-13(2)11-22-17(21)18(4,5)9-6-10-20(19)14(3)16(12-23)15-7-8-15/h13,15H,6-12,23H2,1-5H3/b16-14-. The Hall–Kier alpha value is 0.170. The summed E-state index contributed by atoms with van der Waals surface area (Å²) < 4.78 is 7.73. The van der Waals surface area contributed by atoms with Crippen LogP contribution in [-0.4, -0.2) is 28.4 Å². The lowest BCUT2D eigenvalue weighted by Gasteiger charge is -2.25. The number of nitrogens with zero attached hydrogens (tertiary/aromatic N) is 1. The number of carbonyl (C=O) groups is 1. The van der Waals surface area contributed by atoms with Gasteiger partial charge in [0, 0.05) is 12.2 Å². The summed E-state index contributed by atoms with van der Waals surface area (Å²) in [5.41, 5.74) is 2.59. The van der Waals surface area contributed by atoms with Crippen LogP contribution in [0.2, 0.25) is 0 Å². The molecule has 1 atom stereocenters. The summed E-state index contributed by atoms with van der Waals surface area (Å²) in [6.45, 7) is 11.8. The van der Waals surface area contributed by atoms with Crippen LogP contribution in [0.25, 0.3) is 0 Å². The van der Waals surface area contributed by atoms with Crippen molar-refractivity contribution in [2.24, 2.45) is 17.3 Å². The van der Waals surface area contributed by atoms with Crippen LogP contribution in [0.1, 0.15) is 60.3 Å². The molecule has 1 aliphatic carbocycles. The van der Waals surface area contributed by atoms with Gasteiger partial charge in [0.2, 0.25) is 0 Å². The Morgan fingerprint density at radius 3 is 2.48 bits per heavy atom. The second-order valence-electron chi connectivity index (χ2n) is 7.65. The molecule has 1 rings (SSSR count). The Bertz CT molecular complexity index is 431. The van der Waals surface area contributed by atoms with Crippen molar-refractivity contribution in [3.8, 4) is 0 Å². The molecule has 0 spiro atoms. The SMILES string of the molecule is C/C(=C(\CP)C1CC1)N(I)CCCC(C)(C)C(=O)OCC(C)C. The Morgan fingerprint density at radius 1 is 1.39 bits per heavy atom. The molecule has 0 amide bonds. The van der Waals surface area contributed by atoms with Gasteiger partial charge in [0.25, 0.3) is 0 Å². The van der Waals surface area contributed by atoms with Gasteiger partial charge in [-0.05, 0) is 70.0 Å². The third-order valence-electron chi connectivity index (χ3n) is 4.38.